The van der Waals surface area contributed by atoms with Crippen LogP contribution < -0.4 is 10.1 Å². The lowest BCUT2D eigenvalue weighted by Gasteiger charge is -2.33. The van der Waals surface area contributed by atoms with Crippen molar-refractivity contribution in [3.05, 3.63) is 65.7 Å². The van der Waals surface area contributed by atoms with Crippen LogP contribution in [0.1, 0.15) is 28.4 Å². The van der Waals surface area contributed by atoms with Gasteiger partial charge < -0.3 is 14.8 Å². The van der Waals surface area contributed by atoms with Crippen molar-refractivity contribution in [2.24, 2.45) is 0 Å². The van der Waals surface area contributed by atoms with Crippen LogP contribution in [0.15, 0.2) is 54.6 Å². The van der Waals surface area contributed by atoms with Gasteiger partial charge in [-0.3, -0.25) is 9.69 Å². The number of morpholine rings is 1. The minimum atomic E-state index is -0.0446. The lowest BCUT2D eigenvalue weighted by atomic mass is 10.1. The van der Waals surface area contributed by atoms with Crippen LogP contribution >= 0.6 is 0 Å². The first-order chi connectivity index (χ1) is 12.8. The first-order valence-electron chi connectivity index (χ1n) is 9.07. The lowest BCUT2D eigenvalue weighted by molar-refractivity contribution is -0.0301. The molecule has 0 radical (unpaired) electrons. The zero-order chi connectivity index (χ0) is 18.2. The van der Waals surface area contributed by atoms with Gasteiger partial charge in [0.2, 0.25) is 0 Å². The molecular weight excluding hydrogens is 328 g/mol. The van der Waals surface area contributed by atoms with E-state index in [-0.39, 0.29) is 12.0 Å². The number of carbonyl (C=O) groups excluding carboxylic acids is 1. The molecule has 1 fully saturated rings. The van der Waals surface area contributed by atoms with Gasteiger partial charge in [-0.15, -0.1) is 0 Å². The van der Waals surface area contributed by atoms with Gasteiger partial charge in [-0.05, 0) is 36.2 Å². The Morgan fingerprint density at radius 3 is 2.69 bits per heavy atom. The number of benzene rings is 2. The van der Waals surface area contributed by atoms with Gasteiger partial charge in [-0.1, -0.05) is 30.3 Å². The Kier molecular flexibility index (Phi) is 6.63. The second-order valence-electron chi connectivity index (χ2n) is 6.41. The summed E-state index contributed by atoms with van der Waals surface area (Å²) in [5.74, 6) is 0.707. The Bertz CT molecular complexity index is 688. The van der Waals surface area contributed by atoms with E-state index in [4.69, 9.17) is 9.47 Å². The summed E-state index contributed by atoms with van der Waals surface area (Å²) in [5, 5.41) is 2.98. The largest absolute Gasteiger partial charge is 0.497 e. The first-order valence-corrected chi connectivity index (χ1v) is 9.07. The van der Waals surface area contributed by atoms with Gasteiger partial charge in [0.15, 0.2) is 0 Å². The maximum Gasteiger partial charge on any atom is 0.251 e. The smallest absolute Gasteiger partial charge is 0.251 e. The fraction of sp³-hybridized carbons (Fsp3) is 0.381. The highest BCUT2D eigenvalue weighted by Gasteiger charge is 2.21. The summed E-state index contributed by atoms with van der Waals surface area (Å²) in [6, 6.07) is 17.5. The van der Waals surface area contributed by atoms with E-state index in [2.05, 4.69) is 22.3 Å². The molecule has 1 saturated heterocycles. The molecule has 0 aliphatic carbocycles. The second kappa shape index (κ2) is 9.36. The average molecular weight is 354 g/mol. The maximum atomic E-state index is 12.1. The van der Waals surface area contributed by atoms with Gasteiger partial charge in [-0.25, -0.2) is 0 Å². The van der Waals surface area contributed by atoms with Gasteiger partial charge in [0.1, 0.15) is 5.75 Å². The number of rotatable bonds is 7. The van der Waals surface area contributed by atoms with Crippen LogP contribution in [0.4, 0.5) is 0 Å². The standard InChI is InChI=1S/C21H26N2O3/c1-25-19-10-8-18(9-11-19)21(24)22-12-5-13-23-14-15-26-20(16-23)17-6-3-2-4-7-17/h2-4,6-11,20H,5,12-16H2,1H3,(H,22,24)/t20-/m0/s1. The molecule has 1 N–H and O–H groups in total. The van der Waals surface area contributed by atoms with Crippen LogP contribution in [0.25, 0.3) is 0 Å². The van der Waals surface area contributed by atoms with Crippen molar-refractivity contribution in [3.63, 3.8) is 0 Å². The topological polar surface area (TPSA) is 50.8 Å². The van der Waals surface area contributed by atoms with E-state index in [1.165, 1.54) is 5.56 Å². The number of nitrogens with one attached hydrogen (secondary N) is 1. The predicted octanol–water partition coefficient (Wildman–Crippen LogP) is 2.89. The van der Waals surface area contributed by atoms with Gasteiger partial charge in [0, 0.05) is 31.7 Å². The van der Waals surface area contributed by atoms with E-state index < -0.39 is 0 Å². The minimum absolute atomic E-state index is 0.0446. The van der Waals surface area contributed by atoms with Crippen LogP contribution in [-0.2, 0) is 4.74 Å². The van der Waals surface area contributed by atoms with E-state index in [1.54, 1.807) is 31.4 Å². The van der Waals surface area contributed by atoms with Crippen molar-refractivity contribution in [1.82, 2.24) is 10.2 Å². The molecule has 0 aromatic heterocycles. The summed E-state index contributed by atoms with van der Waals surface area (Å²) >= 11 is 0. The number of hydrogen-bond acceptors (Lipinski definition) is 4. The van der Waals surface area contributed by atoms with Crippen molar-refractivity contribution in [3.8, 4) is 5.75 Å². The Balaban J connectivity index is 1.39. The molecule has 3 rings (SSSR count). The molecule has 0 saturated carbocycles. The third-order valence-electron chi connectivity index (χ3n) is 4.61. The fourth-order valence-corrected chi connectivity index (χ4v) is 3.12. The second-order valence-corrected chi connectivity index (χ2v) is 6.41. The highest BCUT2D eigenvalue weighted by Crippen LogP contribution is 2.21. The molecule has 1 atom stereocenters. The molecule has 2 aromatic rings. The van der Waals surface area contributed by atoms with Crippen molar-refractivity contribution >= 4 is 5.91 Å². The monoisotopic (exact) mass is 354 g/mol. The molecule has 5 heteroatoms. The van der Waals surface area contributed by atoms with Crippen LogP contribution in [0, 0.1) is 0 Å². The average Bonchev–Trinajstić information content (AvgIpc) is 2.72. The van der Waals surface area contributed by atoms with Crippen LogP contribution in [0.5, 0.6) is 5.75 Å². The summed E-state index contributed by atoms with van der Waals surface area (Å²) < 4.78 is 11.0. The summed E-state index contributed by atoms with van der Waals surface area (Å²) in [7, 11) is 1.61. The minimum Gasteiger partial charge on any atom is -0.497 e. The predicted molar refractivity (Wildman–Crippen MR) is 102 cm³/mol. The quantitative estimate of drug-likeness (QED) is 0.777. The Morgan fingerprint density at radius 2 is 1.96 bits per heavy atom. The van der Waals surface area contributed by atoms with Gasteiger partial charge in [-0.2, -0.15) is 0 Å². The highest BCUT2D eigenvalue weighted by molar-refractivity contribution is 5.94. The van der Waals surface area contributed by atoms with Gasteiger partial charge in [0.05, 0.1) is 19.8 Å². The number of ether oxygens (including phenoxy) is 2. The summed E-state index contributed by atoms with van der Waals surface area (Å²) in [6.07, 6.45) is 1.06. The number of carbonyl (C=O) groups is 1. The highest BCUT2D eigenvalue weighted by atomic mass is 16.5. The molecular formula is C21H26N2O3. The lowest BCUT2D eigenvalue weighted by Crippen LogP contribution is -2.39. The third kappa shape index (κ3) is 5.07. The number of hydrogen-bond donors (Lipinski definition) is 1. The summed E-state index contributed by atoms with van der Waals surface area (Å²) in [5.41, 5.74) is 1.88. The van der Waals surface area contributed by atoms with E-state index in [0.29, 0.717) is 12.1 Å². The van der Waals surface area contributed by atoms with E-state index >= 15 is 0 Å². The molecule has 0 spiro atoms. The van der Waals surface area contributed by atoms with E-state index in [0.717, 1.165) is 38.4 Å². The SMILES string of the molecule is COc1ccc(C(=O)NCCCN2CCO[C@H](c3ccccc3)C2)cc1. The Morgan fingerprint density at radius 1 is 1.19 bits per heavy atom. The summed E-state index contributed by atoms with van der Waals surface area (Å²) in [6.45, 7) is 4.21. The number of nitrogens with zero attached hydrogens (tertiary/aromatic N) is 1. The van der Waals surface area contributed by atoms with Crippen LogP contribution in [0.3, 0.4) is 0 Å². The zero-order valence-electron chi connectivity index (χ0n) is 15.2. The molecule has 0 unspecified atom stereocenters. The molecule has 1 heterocycles. The first kappa shape index (κ1) is 18.4. The zero-order valence-corrected chi connectivity index (χ0v) is 15.2. The molecule has 1 amide bonds. The van der Waals surface area contributed by atoms with Crippen molar-refractivity contribution in [1.29, 1.82) is 0 Å². The maximum absolute atomic E-state index is 12.1. The molecule has 1 aliphatic rings. The number of amides is 1. The van der Waals surface area contributed by atoms with E-state index in [9.17, 15) is 4.79 Å². The molecule has 1 aliphatic heterocycles. The molecule has 2 aromatic carbocycles. The van der Waals surface area contributed by atoms with E-state index in [1.807, 2.05) is 18.2 Å². The van der Waals surface area contributed by atoms with Crippen molar-refractivity contribution in [2.75, 3.05) is 39.9 Å². The Hall–Kier alpha value is -2.37. The van der Waals surface area contributed by atoms with Crippen molar-refractivity contribution in [2.45, 2.75) is 12.5 Å². The molecule has 0 bridgehead atoms. The molecule has 26 heavy (non-hydrogen) atoms. The van der Waals surface area contributed by atoms with Crippen LogP contribution in [-0.4, -0.2) is 50.7 Å². The van der Waals surface area contributed by atoms with Crippen LogP contribution in [0.2, 0.25) is 0 Å². The van der Waals surface area contributed by atoms with Crippen molar-refractivity contribution < 1.29 is 14.3 Å². The van der Waals surface area contributed by atoms with Gasteiger partial charge >= 0.3 is 0 Å². The molecule has 5 nitrogen and oxygen atoms in total. The normalized spacial score (nSPS) is 17.7. The third-order valence-corrected chi connectivity index (χ3v) is 4.61. The number of methoxy groups -OCH3 is 1. The molecule has 138 valence electrons. The fourth-order valence-electron chi connectivity index (χ4n) is 3.12. The summed E-state index contributed by atoms with van der Waals surface area (Å²) in [4.78, 5) is 14.6. The Labute approximate surface area is 154 Å². The van der Waals surface area contributed by atoms with Gasteiger partial charge in [0.25, 0.3) is 5.91 Å².